The number of carbonyl (C=O) groups is 2. The van der Waals surface area contributed by atoms with Gasteiger partial charge in [0.05, 0.1) is 11.1 Å². The molecule has 126 valence electrons. The van der Waals surface area contributed by atoms with Gasteiger partial charge in [0.2, 0.25) is 0 Å². The molecule has 1 N–H and O–H groups in total. The Labute approximate surface area is 131 Å². The predicted octanol–water partition coefficient (Wildman–Crippen LogP) is 3.42. The summed E-state index contributed by atoms with van der Waals surface area (Å²) in [7, 11) is 0. The number of benzene rings is 1. The minimum atomic E-state index is -4.58. The number of aliphatic carboxylic acids is 1. The van der Waals surface area contributed by atoms with Crippen LogP contribution >= 0.6 is 0 Å². The van der Waals surface area contributed by atoms with Crippen LogP contribution in [0.3, 0.4) is 0 Å². The number of carboxylic acids is 1. The molecule has 1 heterocycles. The van der Waals surface area contributed by atoms with E-state index in [1.807, 2.05) is 0 Å². The van der Waals surface area contributed by atoms with Crippen LogP contribution in [0.4, 0.5) is 13.2 Å². The second kappa shape index (κ2) is 7.02. The van der Waals surface area contributed by atoms with Crippen LogP contribution in [0.5, 0.6) is 0 Å². The second-order valence-corrected chi connectivity index (χ2v) is 5.74. The molecule has 0 saturated carbocycles. The van der Waals surface area contributed by atoms with Gasteiger partial charge in [-0.15, -0.1) is 0 Å². The number of nitrogens with zero attached hydrogens (tertiary/aromatic N) is 1. The summed E-state index contributed by atoms with van der Waals surface area (Å²) in [5, 5.41) is 8.72. The van der Waals surface area contributed by atoms with Crippen molar-refractivity contribution in [3.8, 4) is 0 Å². The molecule has 1 aliphatic rings. The molecular formula is C16H18F3NO3. The first kappa shape index (κ1) is 17.3. The summed E-state index contributed by atoms with van der Waals surface area (Å²) in [6, 6.07) is 4.75. The van der Waals surface area contributed by atoms with Crippen molar-refractivity contribution in [3.63, 3.8) is 0 Å². The zero-order valence-electron chi connectivity index (χ0n) is 12.5. The number of amides is 1. The van der Waals surface area contributed by atoms with Crippen LogP contribution in [0.1, 0.15) is 41.6 Å². The molecule has 4 nitrogen and oxygen atoms in total. The van der Waals surface area contributed by atoms with E-state index < -0.39 is 23.6 Å². The Balaban J connectivity index is 2.13. The van der Waals surface area contributed by atoms with E-state index in [2.05, 4.69) is 0 Å². The van der Waals surface area contributed by atoms with Gasteiger partial charge in [0, 0.05) is 19.5 Å². The van der Waals surface area contributed by atoms with Crippen LogP contribution in [0.15, 0.2) is 24.3 Å². The van der Waals surface area contributed by atoms with Crippen LogP contribution in [0.25, 0.3) is 0 Å². The van der Waals surface area contributed by atoms with Gasteiger partial charge in [-0.1, -0.05) is 12.1 Å². The number of halogens is 3. The zero-order valence-corrected chi connectivity index (χ0v) is 12.5. The quantitative estimate of drug-likeness (QED) is 0.921. The summed E-state index contributed by atoms with van der Waals surface area (Å²) in [4.78, 5) is 24.5. The van der Waals surface area contributed by atoms with Gasteiger partial charge in [0.25, 0.3) is 5.91 Å². The zero-order chi connectivity index (χ0) is 17.0. The van der Waals surface area contributed by atoms with Crippen molar-refractivity contribution < 1.29 is 27.9 Å². The molecule has 1 aromatic carbocycles. The summed E-state index contributed by atoms with van der Waals surface area (Å²) in [6.45, 7) is 0.701. The number of hydrogen-bond donors (Lipinski definition) is 1. The third-order valence-electron chi connectivity index (χ3n) is 4.04. The molecule has 1 saturated heterocycles. The number of carboxylic acid groups (broad SMARTS) is 1. The Morgan fingerprint density at radius 3 is 2.61 bits per heavy atom. The van der Waals surface area contributed by atoms with Gasteiger partial charge in [-0.25, -0.2) is 0 Å². The predicted molar refractivity (Wildman–Crippen MR) is 76.9 cm³/mol. The average molecular weight is 329 g/mol. The molecule has 0 bridgehead atoms. The molecule has 0 unspecified atom stereocenters. The first-order chi connectivity index (χ1) is 10.8. The highest BCUT2D eigenvalue weighted by Crippen LogP contribution is 2.33. The number of hydrogen-bond acceptors (Lipinski definition) is 2. The maximum Gasteiger partial charge on any atom is 0.417 e. The fraction of sp³-hybridized carbons (Fsp3) is 0.500. The van der Waals surface area contributed by atoms with Crippen molar-refractivity contribution >= 4 is 11.9 Å². The number of alkyl halides is 3. The van der Waals surface area contributed by atoms with Crippen LogP contribution in [0, 0.1) is 5.92 Å². The van der Waals surface area contributed by atoms with E-state index in [-0.39, 0.29) is 17.9 Å². The largest absolute Gasteiger partial charge is 0.481 e. The van der Waals surface area contributed by atoms with Crippen molar-refractivity contribution in [3.05, 3.63) is 35.4 Å². The normalized spacial score (nSPS) is 18.7. The van der Waals surface area contributed by atoms with E-state index in [9.17, 15) is 22.8 Å². The monoisotopic (exact) mass is 329 g/mol. The third kappa shape index (κ3) is 4.46. The van der Waals surface area contributed by atoms with E-state index in [4.69, 9.17) is 5.11 Å². The molecule has 1 atom stereocenters. The summed E-state index contributed by atoms with van der Waals surface area (Å²) in [5.74, 6) is -1.53. The van der Waals surface area contributed by atoms with Gasteiger partial charge in [-0.05, 0) is 37.3 Å². The fourth-order valence-electron chi connectivity index (χ4n) is 2.90. The molecule has 0 spiro atoms. The lowest BCUT2D eigenvalue weighted by Crippen LogP contribution is -2.40. The van der Waals surface area contributed by atoms with Gasteiger partial charge in [-0.2, -0.15) is 13.2 Å². The molecule has 0 radical (unpaired) electrons. The molecule has 2 rings (SSSR count). The molecule has 1 amide bonds. The SMILES string of the molecule is O=C(O)CC[C@H]1CCCN(C(=O)c2ccccc2C(F)(F)F)C1. The molecule has 1 aromatic rings. The second-order valence-electron chi connectivity index (χ2n) is 5.74. The average Bonchev–Trinajstić information content (AvgIpc) is 2.51. The summed E-state index contributed by atoms with van der Waals surface area (Å²) in [6.07, 6.45) is -2.68. The highest BCUT2D eigenvalue weighted by atomic mass is 19.4. The number of carbonyl (C=O) groups excluding carboxylic acids is 1. The summed E-state index contributed by atoms with van der Waals surface area (Å²) in [5.41, 5.74) is -1.28. The van der Waals surface area contributed by atoms with E-state index >= 15 is 0 Å². The van der Waals surface area contributed by atoms with Crippen molar-refractivity contribution in [2.45, 2.75) is 31.9 Å². The van der Waals surface area contributed by atoms with Crippen molar-refractivity contribution in [1.82, 2.24) is 4.90 Å². The minimum absolute atomic E-state index is 0.00579. The molecule has 23 heavy (non-hydrogen) atoms. The molecule has 1 aliphatic heterocycles. The van der Waals surface area contributed by atoms with Crippen LogP contribution in [-0.2, 0) is 11.0 Å². The molecule has 0 aromatic heterocycles. The number of likely N-dealkylation sites (tertiary alicyclic amines) is 1. The molecular weight excluding hydrogens is 311 g/mol. The number of piperidine rings is 1. The van der Waals surface area contributed by atoms with Crippen LogP contribution in [-0.4, -0.2) is 35.0 Å². The van der Waals surface area contributed by atoms with Crippen LogP contribution in [0.2, 0.25) is 0 Å². The maximum absolute atomic E-state index is 13.0. The van der Waals surface area contributed by atoms with Crippen molar-refractivity contribution in [2.24, 2.45) is 5.92 Å². The highest BCUT2D eigenvalue weighted by molar-refractivity contribution is 5.96. The van der Waals surface area contributed by atoms with Gasteiger partial charge in [0.15, 0.2) is 0 Å². The molecule has 0 aliphatic carbocycles. The first-order valence-electron chi connectivity index (χ1n) is 7.46. The van der Waals surface area contributed by atoms with E-state index in [0.717, 1.165) is 12.5 Å². The molecule has 1 fully saturated rings. The lowest BCUT2D eigenvalue weighted by Gasteiger charge is -2.33. The van der Waals surface area contributed by atoms with E-state index in [1.165, 1.54) is 23.1 Å². The summed E-state index contributed by atoms with van der Waals surface area (Å²) >= 11 is 0. The maximum atomic E-state index is 13.0. The van der Waals surface area contributed by atoms with E-state index in [1.54, 1.807) is 0 Å². The Hall–Kier alpha value is -2.05. The Morgan fingerprint density at radius 2 is 1.96 bits per heavy atom. The molecule has 7 heteroatoms. The Bertz CT molecular complexity index is 586. The Morgan fingerprint density at radius 1 is 1.26 bits per heavy atom. The third-order valence-corrected chi connectivity index (χ3v) is 4.04. The van der Waals surface area contributed by atoms with Crippen molar-refractivity contribution in [1.29, 1.82) is 0 Å². The number of rotatable bonds is 4. The van der Waals surface area contributed by atoms with Gasteiger partial charge in [-0.3, -0.25) is 9.59 Å². The lowest BCUT2D eigenvalue weighted by molar-refractivity contribution is -0.138. The first-order valence-corrected chi connectivity index (χ1v) is 7.46. The smallest absolute Gasteiger partial charge is 0.417 e. The summed E-state index contributed by atoms with van der Waals surface area (Å²) < 4.78 is 39.1. The van der Waals surface area contributed by atoms with Gasteiger partial charge < -0.3 is 10.0 Å². The van der Waals surface area contributed by atoms with E-state index in [0.29, 0.717) is 25.9 Å². The fourth-order valence-corrected chi connectivity index (χ4v) is 2.90. The Kier molecular flexibility index (Phi) is 5.28. The van der Waals surface area contributed by atoms with Gasteiger partial charge >= 0.3 is 12.1 Å². The van der Waals surface area contributed by atoms with Crippen LogP contribution < -0.4 is 0 Å². The highest BCUT2D eigenvalue weighted by Gasteiger charge is 2.36. The lowest BCUT2D eigenvalue weighted by atomic mass is 9.92. The standard InChI is InChI=1S/C16H18F3NO3/c17-16(18,19)13-6-2-1-5-12(13)15(23)20-9-3-4-11(10-20)7-8-14(21)22/h1-2,5-6,11H,3-4,7-10H2,(H,21,22)/t11-/m1/s1. The minimum Gasteiger partial charge on any atom is -0.481 e. The topological polar surface area (TPSA) is 57.6 Å². The van der Waals surface area contributed by atoms with Crippen molar-refractivity contribution in [2.75, 3.05) is 13.1 Å². The van der Waals surface area contributed by atoms with Gasteiger partial charge in [0.1, 0.15) is 0 Å².